The van der Waals surface area contributed by atoms with Gasteiger partial charge in [-0.15, -0.1) is 0 Å². The number of nitrogens with one attached hydrogen (secondary N) is 1. The number of rotatable bonds is 3. The molecule has 0 unspecified atom stereocenters. The zero-order valence-corrected chi connectivity index (χ0v) is 6.54. The van der Waals surface area contributed by atoms with Crippen molar-refractivity contribution in [2.45, 2.75) is 13.3 Å². The van der Waals surface area contributed by atoms with E-state index >= 15 is 0 Å². The molecule has 0 aliphatic carbocycles. The molecular formula is C9H12N2. The van der Waals surface area contributed by atoms with Crippen molar-refractivity contribution in [2.75, 3.05) is 5.43 Å². The molecule has 1 aromatic carbocycles. The molecule has 1 rings (SSSR count). The third kappa shape index (κ3) is 2.85. The molecule has 0 aliphatic rings. The van der Waals surface area contributed by atoms with E-state index in [4.69, 9.17) is 1.37 Å². The van der Waals surface area contributed by atoms with Crippen LogP contribution in [0.4, 0.5) is 5.69 Å². The summed E-state index contributed by atoms with van der Waals surface area (Å²) in [6, 6.07) is 9.61. The van der Waals surface area contributed by atoms with Gasteiger partial charge in [-0.05, 0) is 18.6 Å². The summed E-state index contributed by atoms with van der Waals surface area (Å²) in [6.07, 6.45) is 1.01. The van der Waals surface area contributed by atoms with Crippen molar-refractivity contribution < 1.29 is 1.37 Å². The minimum absolute atomic E-state index is 0.360. The van der Waals surface area contributed by atoms with E-state index in [-0.39, 0.29) is 0 Å². The molecule has 0 saturated heterocycles. The molecule has 2 heteroatoms. The number of anilines is 1. The van der Waals surface area contributed by atoms with Crippen LogP contribution in [0.2, 0.25) is 0 Å². The average Bonchev–Trinajstić information content (AvgIpc) is 2.16. The summed E-state index contributed by atoms with van der Waals surface area (Å²) in [5, 5.41) is 3.85. The third-order valence-corrected chi connectivity index (χ3v) is 1.20. The second-order valence-corrected chi connectivity index (χ2v) is 2.10. The maximum atomic E-state index is 7.26. The summed E-state index contributed by atoms with van der Waals surface area (Å²) >= 11 is 0. The Morgan fingerprint density at radius 3 is 2.91 bits per heavy atom. The fourth-order valence-electron chi connectivity index (χ4n) is 0.696. The first kappa shape index (κ1) is 6.40. The second kappa shape index (κ2) is 4.50. The maximum Gasteiger partial charge on any atom is 0.0810 e. The van der Waals surface area contributed by atoms with Crippen LogP contribution >= 0.6 is 0 Å². The minimum Gasteiger partial charge on any atom is -0.279 e. The molecule has 0 amide bonds. The molecule has 0 saturated carbocycles. The van der Waals surface area contributed by atoms with Crippen molar-refractivity contribution in [1.29, 1.82) is 0 Å². The quantitative estimate of drug-likeness (QED) is 0.519. The standard InChI is InChI=1S/C9H12N2/c1-2-8-10-11-9-6-4-3-5-7-9/h3-8,11H,2H2,1H3/b10-8-/i8T. The van der Waals surface area contributed by atoms with Crippen molar-refractivity contribution in [3.63, 3.8) is 0 Å². The molecule has 0 aliphatic heterocycles. The van der Waals surface area contributed by atoms with Crippen LogP contribution in [0.15, 0.2) is 35.4 Å². The second-order valence-electron chi connectivity index (χ2n) is 2.10. The van der Waals surface area contributed by atoms with Gasteiger partial charge in [-0.1, -0.05) is 25.1 Å². The van der Waals surface area contributed by atoms with E-state index in [9.17, 15) is 0 Å². The molecule has 1 N–H and O–H groups in total. The molecule has 0 bridgehead atoms. The Labute approximate surface area is 68.3 Å². The highest BCUT2D eigenvalue weighted by molar-refractivity contribution is 5.58. The van der Waals surface area contributed by atoms with Gasteiger partial charge in [0.1, 0.15) is 0 Å². The Bertz CT molecular complexity index is 256. The molecule has 0 fully saturated rings. The third-order valence-electron chi connectivity index (χ3n) is 1.20. The van der Waals surface area contributed by atoms with Gasteiger partial charge in [0.2, 0.25) is 0 Å². The number of nitrogens with zero attached hydrogens (tertiary/aromatic N) is 1. The lowest BCUT2D eigenvalue weighted by Crippen LogP contribution is -1.87. The van der Waals surface area contributed by atoms with E-state index in [2.05, 4.69) is 10.5 Å². The van der Waals surface area contributed by atoms with Crippen molar-refractivity contribution in [1.82, 2.24) is 0 Å². The van der Waals surface area contributed by atoms with Crippen LogP contribution in [0.25, 0.3) is 0 Å². The molecular weight excluding hydrogens is 136 g/mol. The summed E-state index contributed by atoms with van der Waals surface area (Å²) < 4.78 is 7.26. The van der Waals surface area contributed by atoms with Gasteiger partial charge >= 0.3 is 0 Å². The molecule has 0 radical (unpaired) electrons. The molecule has 58 valence electrons. The Balaban J connectivity index is 2.54. The van der Waals surface area contributed by atoms with Gasteiger partial charge in [0.15, 0.2) is 0 Å². The minimum atomic E-state index is 0.360. The predicted molar refractivity (Wildman–Crippen MR) is 48.8 cm³/mol. The zero-order valence-electron chi connectivity index (χ0n) is 7.54. The van der Waals surface area contributed by atoms with Crippen molar-refractivity contribution >= 4 is 11.9 Å². The Hall–Kier alpha value is -1.31. The highest BCUT2D eigenvalue weighted by Gasteiger charge is 1.82. The van der Waals surface area contributed by atoms with Gasteiger partial charge in [0.05, 0.1) is 7.06 Å². The predicted octanol–water partition coefficient (Wildman–Crippen LogP) is 2.49. The summed E-state index contributed by atoms with van der Waals surface area (Å²) in [4.78, 5) is 0. The van der Waals surface area contributed by atoms with Crippen molar-refractivity contribution in [3.05, 3.63) is 30.3 Å². The van der Waals surface area contributed by atoms with Crippen LogP contribution in [0.3, 0.4) is 0 Å². The van der Waals surface area contributed by atoms with Crippen LogP contribution < -0.4 is 5.43 Å². The fraction of sp³-hybridized carbons (Fsp3) is 0.222. The Morgan fingerprint density at radius 2 is 2.27 bits per heavy atom. The summed E-state index contributed by atoms with van der Waals surface area (Å²) in [7, 11) is 0. The van der Waals surface area contributed by atoms with Crippen LogP contribution in [0.1, 0.15) is 14.7 Å². The lowest BCUT2D eigenvalue weighted by molar-refractivity contribution is 1.27. The SMILES string of the molecule is [3H]/C(CC)=N/Nc1ccccc1. The van der Waals surface area contributed by atoms with Crippen molar-refractivity contribution in [2.24, 2.45) is 5.10 Å². The number of hydrazone groups is 1. The number of benzene rings is 1. The number of para-hydroxylation sites is 1. The first-order chi connectivity index (χ1) is 5.83. The molecule has 11 heavy (non-hydrogen) atoms. The van der Waals surface area contributed by atoms with E-state index in [1.54, 1.807) is 0 Å². The van der Waals surface area contributed by atoms with Crippen LogP contribution in [0.5, 0.6) is 0 Å². The van der Waals surface area contributed by atoms with Crippen LogP contribution in [0, 0.1) is 0 Å². The molecule has 2 nitrogen and oxygen atoms in total. The highest BCUT2D eigenvalue weighted by atomic mass is 15.3. The van der Waals surface area contributed by atoms with Crippen molar-refractivity contribution in [3.8, 4) is 0 Å². The zero-order chi connectivity index (χ0) is 8.81. The molecule has 0 aromatic heterocycles. The van der Waals surface area contributed by atoms with Crippen LogP contribution in [-0.4, -0.2) is 6.19 Å². The van der Waals surface area contributed by atoms with Gasteiger partial charge in [0.25, 0.3) is 0 Å². The lowest BCUT2D eigenvalue weighted by atomic mass is 10.3. The van der Waals surface area contributed by atoms with E-state index in [0.29, 0.717) is 12.6 Å². The van der Waals surface area contributed by atoms with Crippen LogP contribution in [-0.2, 0) is 0 Å². The number of hydrogen-bond donors (Lipinski definition) is 1. The normalized spacial score (nSPS) is 12.5. The largest absolute Gasteiger partial charge is 0.279 e. The molecule has 0 heterocycles. The lowest BCUT2D eigenvalue weighted by Gasteiger charge is -1.96. The molecule has 0 atom stereocenters. The van der Waals surface area contributed by atoms with Gasteiger partial charge in [0, 0.05) is 6.19 Å². The smallest absolute Gasteiger partial charge is 0.0810 e. The fourth-order valence-corrected chi connectivity index (χ4v) is 0.696. The van der Waals surface area contributed by atoms with Gasteiger partial charge in [-0.25, -0.2) is 0 Å². The van der Waals surface area contributed by atoms with E-state index < -0.39 is 0 Å². The highest BCUT2D eigenvalue weighted by Crippen LogP contribution is 2.03. The topological polar surface area (TPSA) is 24.4 Å². The maximum absolute atomic E-state index is 7.26. The van der Waals surface area contributed by atoms with E-state index in [1.165, 1.54) is 0 Å². The molecule has 1 aromatic rings. The van der Waals surface area contributed by atoms with E-state index in [0.717, 1.165) is 5.69 Å². The van der Waals surface area contributed by atoms with E-state index in [1.807, 2.05) is 37.3 Å². The monoisotopic (exact) mass is 150 g/mol. The molecule has 0 spiro atoms. The first-order valence-corrected chi connectivity index (χ1v) is 3.67. The van der Waals surface area contributed by atoms with Gasteiger partial charge < -0.3 is 0 Å². The Morgan fingerprint density at radius 1 is 1.55 bits per heavy atom. The summed E-state index contributed by atoms with van der Waals surface area (Å²) in [6.45, 7) is 1.90. The number of hydrogen-bond acceptors (Lipinski definition) is 2. The average molecular weight is 150 g/mol. The summed E-state index contributed by atoms with van der Waals surface area (Å²) in [5.74, 6) is 0. The Kier molecular flexibility index (Phi) is 2.62. The summed E-state index contributed by atoms with van der Waals surface area (Å²) in [5.41, 5.74) is 3.71. The van der Waals surface area contributed by atoms with Gasteiger partial charge in [-0.3, -0.25) is 5.43 Å². The first-order valence-electron chi connectivity index (χ1n) is 4.17. The van der Waals surface area contributed by atoms with Gasteiger partial charge in [-0.2, -0.15) is 5.10 Å².